The van der Waals surface area contributed by atoms with Gasteiger partial charge in [-0.3, -0.25) is 5.10 Å². The van der Waals surface area contributed by atoms with Gasteiger partial charge >= 0.3 is 0 Å². The third-order valence-electron chi connectivity index (χ3n) is 3.30. The Hall–Kier alpha value is -2.27. The number of nitrogens with zero attached hydrogens (tertiary/aromatic N) is 1. The lowest BCUT2D eigenvalue weighted by Crippen LogP contribution is -1.89. The molecule has 0 radical (unpaired) electrons. The normalized spacial score (nSPS) is 10.7. The summed E-state index contributed by atoms with van der Waals surface area (Å²) in [6.45, 7) is 2.08. The van der Waals surface area contributed by atoms with Gasteiger partial charge in [0.2, 0.25) is 0 Å². The van der Waals surface area contributed by atoms with Gasteiger partial charge in [-0.05, 0) is 35.6 Å². The minimum Gasteiger partial charge on any atom is -0.497 e. The highest BCUT2D eigenvalue weighted by Crippen LogP contribution is 2.37. The topological polar surface area (TPSA) is 63.9 Å². The molecule has 0 aliphatic heterocycles. The van der Waals surface area contributed by atoms with Crippen LogP contribution < -0.4 is 10.5 Å². The Morgan fingerprint density at radius 2 is 1.95 bits per heavy atom. The van der Waals surface area contributed by atoms with Gasteiger partial charge in [-0.2, -0.15) is 16.4 Å². The largest absolute Gasteiger partial charge is 0.497 e. The van der Waals surface area contributed by atoms with E-state index in [1.54, 1.807) is 18.4 Å². The van der Waals surface area contributed by atoms with Crippen LogP contribution in [0, 0.1) is 6.92 Å². The van der Waals surface area contributed by atoms with Crippen molar-refractivity contribution in [3.05, 3.63) is 40.6 Å². The molecule has 3 N–H and O–H groups in total. The van der Waals surface area contributed by atoms with Crippen molar-refractivity contribution in [2.45, 2.75) is 6.92 Å². The van der Waals surface area contributed by atoms with E-state index in [9.17, 15) is 0 Å². The first-order chi connectivity index (χ1) is 9.70. The van der Waals surface area contributed by atoms with Crippen molar-refractivity contribution >= 4 is 17.2 Å². The molecule has 0 atom stereocenters. The number of nitrogens with one attached hydrogen (secondary N) is 1. The fraction of sp³-hybridized carbons (Fsp3) is 0.133. The van der Waals surface area contributed by atoms with E-state index in [2.05, 4.69) is 27.9 Å². The number of methoxy groups -OCH3 is 1. The van der Waals surface area contributed by atoms with E-state index in [0.717, 1.165) is 28.1 Å². The van der Waals surface area contributed by atoms with E-state index in [0.29, 0.717) is 5.82 Å². The molecule has 0 aliphatic rings. The molecule has 0 fully saturated rings. The van der Waals surface area contributed by atoms with Crippen LogP contribution in [0.5, 0.6) is 5.75 Å². The first kappa shape index (κ1) is 12.7. The summed E-state index contributed by atoms with van der Waals surface area (Å²) in [5.74, 6) is 1.33. The average molecular weight is 285 g/mol. The molecule has 2 aromatic heterocycles. The summed E-state index contributed by atoms with van der Waals surface area (Å²) in [5, 5.41) is 11.4. The second-order valence-corrected chi connectivity index (χ2v) is 5.30. The van der Waals surface area contributed by atoms with Crippen LogP contribution in [0.3, 0.4) is 0 Å². The van der Waals surface area contributed by atoms with E-state index in [-0.39, 0.29) is 0 Å². The number of rotatable bonds is 3. The van der Waals surface area contributed by atoms with Crippen LogP contribution >= 0.6 is 11.3 Å². The second-order valence-electron chi connectivity index (χ2n) is 4.56. The summed E-state index contributed by atoms with van der Waals surface area (Å²) >= 11 is 1.67. The van der Waals surface area contributed by atoms with Crippen molar-refractivity contribution in [2.24, 2.45) is 0 Å². The number of thiophene rings is 1. The minimum atomic E-state index is 0.510. The van der Waals surface area contributed by atoms with Gasteiger partial charge in [0, 0.05) is 10.9 Å². The van der Waals surface area contributed by atoms with Crippen molar-refractivity contribution in [3.63, 3.8) is 0 Å². The van der Waals surface area contributed by atoms with Gasteiger partial charge < -0.3 is 10.5 Å². The van der Waals surface area contributed by atoms with E-state index < -0.39 is 0 Å². The fourth-order valence-corrected chi connectivity index (χ4v) is 3.06. The van der Waals surface area contributed by atoms with E-state index in [1.165, 1.54) is 5.56 Å². The molecule has 3 rings (SSSR count). The third-order valence-corrected chi connectivity index (χ3v) is 4.16. The highest BCUT2D eigenvalue weighted by molar-refractivity contribution is 7.08. The summed E-state index contributed by atoms with van der Waals surface area (Å²) < 4.78 is 5.19. The molecular formula is C15H15N3OS. The number of anilines is 1. The van der Waals surface area contributed by atoms with Crippen LogP contribution in [0.25, 0.3) is 22.4 Å². The average Bonchev–Trinajstić information content (AvgIpc) is 3.05. The van der Waals surface area contributed by atoms with Crippen LogP contribution in [-0.2, 0) is 0 Å². The van der Waals surface area contributed by atoms with Crippen molar-refractivity contribution in [3.8, 4) is 28.1 Å². The quantitative estimate of drug-likeness (QED) is 0.771. The maximum atomic E-state index is 6.03. The van der Waals surface area contributed by atoms with Crippen LogP contribution in [0.4, 0.5) is 5.82 Å². The summed E-state index contributed by atoms with van der Waals surface area (Å²) in [5.41, 5.74) is 11.3. The number of aromatic amines is 1. The molecular weight excluding hydrogens is 270 g/mol. The van der Waals surface area contributed by atoms with E-state index in [4.69, 9.17) is 10.5 Å². The lowest BCUT2D eigenvalue weighted by Gasteiger charge is -2.06. The molecule has 102 valence electrons. The van der Waals surface area contributed by atoms with Gasteiger partial charge in [-0.25, -0.2) is 0 Å². The molecule has 3 aromatic rings. The zero-order valence-corrected chi connectivity index (χ0v) is 12.1. The number of H-pyrrole nitrogens is 1. The van der Waals surface area contributed by atoms with Gasteiger partial charge in [0.1, 0.15) is 5.75 Å². The first-order valence-electron chi connectivity index (χ1n) is 6.22. The summed E-state index contributed by atoms with van der Waals surface area (Å²) in [4.78, 5) is 0. The lowest BCUT2D eigenvalue weighted by molar-refractivity contribution is 0.415. The number of hydrogen-bond acceptors (Lipinski definition) is 4. The number of nitrogen functional groups attached to an aromatic ring is 1. The van der Waals surface area contributed by atoms with Gasteiger partial charge in [0.25, 0.3) is 0 Å². The molecule has 1 aromatic carbocycles. The van der Waals surface area contributed by atoms with Crippen molar-refractivity contribution in [1.29, 1.82) is 0 Å². The molecule has 0 bridgehead atoms. The number of nitrogens with two attached hydrogens (primary N) is 1. The van der Waals surface area contributed by atoms with Crippen LogP contribution in [0.1, 0.15) is 5.56 Å². The SMILES string of the molecule is COc1ccc(-c2c(N)n[nH]c2-c2cscc2C)cc1. The van der Waals surface area contributed by atoms with Crippen molar-refractivity contribution < 1.29 is 4.74 Å². The van der Waals surface area contributed by atoms with Crippen LogP contribution in [0.2, 0.25) is 0 Å². The number of hydrogen-bond donors (Lipinski definition) is 2. The zero-order chi connectivity index (χ0) is 14.1. The maximum absolute atomic E-state index is 6.03. The third kappa shape index (κ3) is 2.06. The van der Waals surface area contributed by atoms with Gasteiger partial charge in [0.15, 0.2) is 5.82 Å². The Bertz CT molecular complexity index is 728. The molecule has 0 spiro atoms. The highest BCUT2D eigenvalue weighted by atomic mass is 32.1. The Labute approximate surface area is 121 Å². The number of aromatic nitrogens is 2. The molecule has 0 saturated carbocycles. The number of ether oxygens (including phenoxy) is 1. The Morgan fingerprint density at radius 1 is 1.20 bits per heavy atom. The highest BCUT2D eigenvalue weighted by Gasteiger charge is 2.16. The molecule has 4 nitrogen and oxygen atoms in total. The van der Waals surface area contributed by atoms with E-state index in [1.807, 2.05) is 24.3 Å². The Balaban J connectivity index is 2.13. The summed E-state index contributed by atoms with van der Waals surface area (Å²) in [6.07, 6.45) is 0. The standard InChI is InChI=1S/C15H15N3OS/c1-9-7-20-8-12(9)14-13(15(16)18-17-14)10-3-5-11(19-2)6-4-10/h3-8H,1-2H3,(H3,16,17,18). The number of aryl methyl sites for hydroxylation is 1. The lowest BCUT2D eigenvalue weighted by atomic mass is 10.0. The zero-order valence-electron chi connectivity index (χ0n) is 11.3. The molecule has 0 amide bonds. The summed E-state index contributed by atoms with van der Waals surface area (Å²) in [7, 11) is 1.65. The minimum absolute atomic E-state index is 0.510. The first-order valence-corrected chi connectivity index (χ1v) is 7.16. The summed E-state index contributed by atoms with van der Waals surface area (Å²) in [6, 6.07) is 7.83. The molecule has 20 heavy (non-hydrogen) atoms. The van der Waals surface area contributed by atoms with Gasteiger partial charge in [-0.15, -0.1) is 0 Å². The monoisotopic (exact) mass is 285 g/mol. The molecule has 0 saturated heterocycles. The predicted octanol–water partition coefficient (Wildman–Crippen LogP) is 3.70. The smallest absolute Gasteiger partial charge is 0.153 e. The molecule has 5 heteroatoms. The Kier molecular flexibility index (Phi) is 3.20. The molecule has 0 aliphatic carbocycles. The predicted molar refractivity (Wildman–Crippen MR) is 83.0 cm³/mol. The van der Waals surface area contributed by atoms with Gasteiger partial charge in [-0.1, -0.05) is 12.1 Å². The van der Waals surface area contributed by atoms with Crippen molar-refractivity contribution in [2.75, 3.05) is 12.8 Å². The molecule has 2 heterocycles. The van der Waals surface area contributed by atoms with Gasteiger partial charge in [0.05, 0.1) is 18.4 Å². The fourth-order valence-electron chi connectivity index (χ4n) is 2.22. The number of benzene rings is 1. The van der Waals surface area contributed by atoms with Crippen LogP contribution in [-0.4, -0.2) is 17.3 Å². The maximum Gasteiger partial charge on any atom is 0.153 e. The second kappa shape index (κ2) is 5.02. The molecule has 0 unspecified atom stereocenters. The Morgan fingerprint density at radius 3 is 2.55 bits per heavy atom. The van der Waals surface area contributed by atoms with Crippen molar-refractivity contribution in [1.82, 2.24) is 10.2 Å². The van der Waals surface area contributed by atoms with E-state index >= 15 is 0 Å². The van der Waals surface area contributed by atoms with Crippen LogP contribution in [0.15, 0.2) is 35.0 Å².